The van der Waals surface area contributed by atoms with E-state index in [1.54, 1.807) is 6.20 Å². The highest BCUT2D eigenvalue weighted by atomic mass is 35.5. The van der Waals surface area contributed by atoms with Gasteiger partial charge >= 0.3 is 0 Å². The molecule has 1 unspecified atom stereocenters. The number of aromatic nitrogens is 2. The molecule has 0 saturated carbocycles. The summed E-state index contributed by atoms with van der Waals surface area (Å²) in [5, 5.41) is 6.80. The summed E-state index contributed by atoms with van der Waals surface area (Å²) in [6.45, 7) is 8.27. The molecule has 0 aliphatic heterocycles. The van der Waals surface area contributed by atoms with E-state index in [2.05, 4.69) is 27.5 Å². The molecule has 1 rings (SSSR count). The smallest absolute Gasteiger partial charge is 0.224 e. The van der Waals surface area contributed by atoms with Crippen LogP contribution in [0.15, 0.2) is 6.20 Å². The Morgan fingerprint density at radius 2 is 2.17 bits per heavy atom. The number of hydrogen-bond acceptors (Lipinski definition) is 5. The van der Waals surface area contributed by atoms with Crippen LogP contribution in [0.25, 0.3) is 0 Å². The number of nitrogens with one attached hydrogen (secondary N) is 2. The Balaban J connectivity index is 2.57. The molecule has 1 atom stereocenters. The Hall–Kier alpha value is -1.07. The fourth-order valence-corrected chi connectivity index (χ4v) is 1.55. The molecule has 1 heterocycles. The minimum atomic E-state index is 0.119. The molecular weight excluding hydrogens is 252 g/mol. The fraction of sp³-hybridized carbons (Fsp3) is 0.667. The van der Waals surface area contributed by atoms with Gasteiger partial charge in [-0.3, -0.25) is 0 Å². The zero-order valence-corrected chi connectivity index (χ0v) is 11.9. The van der Waals surface area contributed by atoms with Crippen LogP contribution in [0.3, 0.4) is 0 Å². The highest BCUT2D eigenvalue weighted by Crippen LogP contribution is 2.19. The molecule has 0 aliphatic rings. The van der Waals surface area contributed by atoms with Crippen molar-refractivity contribution in [2.45, 2.75) is 33.3 Å². The summed E-state index contributed by atoms with van der Waals surface area (Å²) >= 11 is 6.03. The van der Waals surface area contributed by atoms with Gasteiger partial charge in [0.15, 0.2) is 5.82 Å². The number of halogens is 1. The normalized spacial score (nSPS) is 12.2. The van der Waals surface area contributed by atoms with Gasteiger partial charge in [0.1, 0.15) is 5.02 Å². The molecule has 0 aromatic carbocycles. The van der Waals surface area contributed by atoms with Crippen molar-refractivity contribution in [3.05, 3.63) is 11.2 Å². The summed E-state index contributed by atoms with van der Waals surface area (Å²) in [5.74, 6) is 1.23. The lowest BCUT2D eigenvalue weighted by Crippen LogP contribution is -2.20. The predicted molar refractivity (Wildman–Crippen MR) is 75.4 cm³/mol. The van der Waals surface area contributed by atoms with Gasteiger partial charge in [0.25, 0.3) is 0 Å². The van der Waals surface area contributed by atoms with Crippen LogP contribution in [0.2, 0.25) is 5.02 Å². The molecule has 102 valence electrons. The average Bonchev–Trinajstić information content (AvgIpc) is 2.36. The topological polar surface area (TPSA) is 59.1 Å². The van der Waals surface area contributed by atoms with Crippen LogP contribution >= 0.6 is 11.6 Å². The SMILES string of the molecule is CCCNc1ncc(Cl)c(NCC(C)OCC)n1. The van der Waals surface area contributed by atoms with Crippen LogP contribution < -0.4 is 10.6 Å². The van der Waals surface area contributed by atoms with E-state index >= 15 is 0 Å². The van der Waals surface area contributed by atoms with Gasteiger partial charge in [0.05, 0.1) is 12.3 Å². The highest BCUT2D eigenvalue weighted by Gasteiger charge is 2.07. The van der Waals surface area contributed by atoms with Crippen LogP contribution in [0.1, 0.15) is 27.2 Å². The second-order valence-corrected chi connectivity index (χ2v) is 4.37. The van der Waals surface area contributed by atoms with E-state index < -0.39 is 0 Å². The molecule has 1 aromatic heterocycles. The monoisotopic (exact) mass is 272 g/mol. The summed E-state index contributed by atoms with van der Waals surface area (Å²) in [7, 11) is 0. The fourth-order valence-electron chi connectivity index (χ4n) is 1.40. The van der Waals surface area contributed by atoms with E-state index in [0.717, 1.165) is 13.0 Å². The molecular formula is C12H21ClN4O. The first-order valence-electron chi connectivity index (χ1n) is 6.29. The predicted octanol–water partition coefficient (Wildman–Crippen LogP) is 2.79. The molecule has 0 amide bonds. The van der Waals surface area contributed by atoms with Crippen LogP contribution in [0.5, 0.6) is 0 Å². The summed E-state index contributed by atoms with van der Waals surface area (Å²) in [5.41, 5.74) is 0. The molecule has 0 saturated heterocycles. The first kappa shape index (κ1) is 15.0. The number of ether oxygens (including phenoxy) is 1. The van der Waals surface area contributed by atoms with Crippen molar-refractivity contribution in [3.63, 3.8) is 0 Å². The molecule has 6 heteroatoms. The minimum Gasteiger partial charge on any atom is -0.377 e. The molecule has 2 N–H and O–H groups in total. The number of anilines is 2. The zero-order valence-electron chi connectivity index (χ0n) is 11.2. The van der Waals surface area contributed by atoms with E-state index in [4.69, 9.17) is 16.3 Å². The van der Waals surface area contributed by atoms with Crippen molar-refractivity contribution in [3.8, 4) is 0 Å². The van der Waals surface area contributed by atoms with Gasteiger partial charge in [-0.05, 0) is 20.3 Å². The van der Waals surface area contributed by atoms with Crippen LogP contribution in [0, 0.1) is 0 Å². The average molecular weight is 273 g/mol. The molecule has 0 bridgehead atoms. The maximum atomic E-state index is 6.03. The third-order valence-corrected chi connectivity index (χ3v) is 2.56. The van der Waals surface area contributed by atoms with Crippen LogP contribution in [-0.2, 0) is 4.74 Å². The molecule has 0 fully saturated rings. The van der Waals surface area contributed by atoms with Gasteiger partial charge in [-0.15, -0.1) is 0 Å². The maximum absolute atomic E-state index is 6.03. The van der Waals surface area contributed by atoms with E-state index in [1.807, 2.05) is 13.8 Å². The third kappa shape index (κ3) is 5.06. The van der Waals surface area contributed by atoms with Crippen molar-refractivity contribution < 1.29 is 4.74 Å². The molecule has 0 aliphatic carbocycles. The highest BCUT2D eigenvalue weighted by molar-refractivity contribution is 6.32. The van der Waals surface area contributed by atoms with E-state index in [9.17, 15) is 0 Å². The quantitative estimate of drug-likeness (QED) is 0.762. The second-order valence-electron chi connectivity index (χ2n) is 3.96. The van der Waals surface area contributed by atoms with Crippen molar-refractivity contribution in [2.75, 3.05) is 30.3 Å². The Labute approximate surface area is 113 Å². The van der Waals surface area contributed by atoms with Gasteiger partial charge in [-0.2, -0.15) is 4.98 Å². The summed E-state index contributed by atoms with van der Waals surface area (Å²) in [6, 6.07) is 0. The molecule has 5 nitrogen and oxygen atoms in total. The summed E-state index contributed by atoms with van der Waals surface area (Å²) < 4.78 is 5.43. The van der Waals surface area contributed by atoms with Crippen molar-refractivity contribution in [1.82, 2.24) is 9.97 Å². The van der Waals surface area contributed by atoms with Gasteiger partial charge < -0.3 is 15.4 Å². The van der Waals surface area contributed by atoms with Gasteiger partial charge in [-0.25, -0.2) is 4.98 Å². The largest absolute Gasteiger partial charge is 0.377 e. The number of rotatable bonds is 8. The lowest BCUT2D eigenvalue weighted by atomic mass is 10.4. The molecule has 0 spiro atoms. The second kappa shape index (κ2) is 8.11. The van der Waals surface area contributed by atoms with Crippen molar-refractivity contribution >= 4 is 23.4 Å². The van der Waals surface area contributed by atoms with E-state index in [-0.39, 0.29) is 6.10 Å². The third-order valence-electron chi connectivity index (χ3n) is 2.29. The molecule has 1 aromatic rings. The lowest BCUT2D eigenvalue weighted by Gasteiger charge is -2.14. The Morgan fingerprint density at radius 1 is 1.39 bits per heavy atom. The van der Waals surface area contributed by atoms with E-state index in [0.29, 0.717) is 29.9 Å². The first-order valence-corrected chi connectivity index (χ1v) is 6.67. The minimum absolute atomic E-state index is 0.119. The van der Waals surface area contributed by atoms with Gasteiger partial charge in [-0.1, -0.05) is 18.5 Å². The van der Waals surface area contributed by atoms with E-state index in [1.165, 1.54) is 0 Å². The standard InChI is InChI=1S/C12H21ClN4O/c1-4-6-14-12-16-8-10(13)11(17-12)15-7-9(3)18-5-2/h8-9H,4-7H2,1-3H3,(H2,14,15,16,17). The Morgan fingerprint density at radius 3 is 2.83 bits per heavy atom. The molecule has 0 radical (unpaired) electrons. The van der Waals surface area contributed by atoms with Crippen molar-refractivity contribution in [2.24, 2.45) is 0 Å². The maximum Gasteiger partial charge on any atom is 0.224 e. The molecule has 18 heavy (non-hydrogen) atoms. The number of hydrogen-bond donors (Lipinski definition) is 2. The lowest BCUT2D eigenvalue weighted by molar-refractivity contribution is 0.0855. The summed E-state index contributed by atoms with van der Waals surface area (Å²) in [4.78, 5) is 8.44. The van der Waals surface area contributed by atoms with Crippen LogP contribution in [-0.4, -0.2) is 35.8 Å². The van der Waals surface area contributed by atoms with Gasteiger partial charge in [0, 0.05) is 19.7 Å². The first-order chi connectivity index (χ1) is 8.67. The Kier molecular flexibility index (Phi) is 6.75. The Bertz CT molecular complexity index is 362. The van der Waals surface area contributed by atoms with Gasteiger partial charge in [0.2, 0.25) is 5.95 Å². The zero-order chi connectivity index (χ0) is 13.4. The number of nitrogens with zero attached hydrogens (tertiary/aromatic N) is 2. The van der Waals surface area contributed by atoms with Crippen LogP contribution in [0.4, 0.5) is 11.8 Å². The summed E-state index contributed by atoms with van der Waals surface area (Å²) in [6.07, 6.45) is 2.74. The van der Waals surface area contributed by atoms with Crippen molar-refractivity contribution in [1.29, 1.82) is 0 Å².